The summed E-state index contributed by atoms with van der Waals surface area (Å²) >= 11 is 3.15. The zero-order valence-electron chi connectivity index (χ0n) is 11.4. The maximum Gasteiger partial charge on any atom is 0.289 e. The first-order valence-electron chi connectivity index (χ1n) is 6.48. The summed E-state index contributed by atoms with van der Waals surface area (Å²) in [6.45, 7) is 3.32. The van der Waals surface area contributed by atoms with Crippen LogP contribution in [0.5, 0.6) is 0 Å². The molecule has 1 saturated heterocycles. The average molecular weight is 378 g/mol. The van der Waals surface area contributed by atoms with Crippen LogP contribution in [0.25, 0.3) is 0 Å². The van der Waals surface area contributed by atoms with Crippen LogP contribution in [0, 0.1) is 16.0 Å². The average Bonchev–Trinajstić information content (AvgIpc) is 2.41. The molecule has 1 aromatic carbocycles. The quantitative estimate of drug-likeness (QED) is 0.613. The Morgan fingerprint density at radius 3 is 2.81 bits per heavy atom. The lowest BCUT2D eigenvalue weighted by Gasteiger charge is -2.29. The van der Waals surface area contributed by atoms with Crippen LogP contribution in [0.1, 0.15) is 13.3 Å². The summed E-state index contributed by atoms with van der Waals surface area (Å²) in [4.78, 5) is 10.0. The predicted octanol–water partition coefficient (Wildman–Crippen LogP) is 1.63. The summed E-state index contributed by atoms with van der Waals surface area (Å²) < 4.78 is 28.0. The summed E-state index contributed by atoms with van der Waals surface area (Å²) in [6, 6.07) is 3.60. The predicted molar refractivity (Wildman–Crippen MR) is 81.6 cm³/mol. The van der Waals surface area contributed by atoms with E-state index in [9.17, 15) is 18.5 Å². The summed E-state index contributed by atoms with van der Waals surface area (Å²) in [5, 5.41) is 14.1. The molecule has 0 saturated carbocycles. The molecule has 2 atom stereocenters. The van der Waals surface area contributed by atoms with Crippen molar-refractivity contribution in [2.45, 2.75) is 24.3 Å². The van der Waals surface area contributed by atoms with Gasteiger partial charge in [-0.05, 0) is 31.0 Å². The highest BCUT2D eigenvalue weighted by atomic mass is 79.9. The number of hydrogen-bond donors (Lipinski definition) is 2. The van der Waals surface area contributed by atoms with Crippen LogP contribution in [-0.4, -0.2) is 32.5 Å². The van der Waals surface area contributed by atoms with Crippen LogP contribution in [-0.2, 0) is 10.0 Å². The van der Waals surface area contributed by atoms with Gasteiger partial charge in [-0.1, -0.05) is 22.9 Å². The van der Waals surface area contributed by atoms with Crippen molar-refractivity contribution in [2.24, 2.45) is 5.92 Å². The van der Waals surface area contributed by atoms with Crippen molar-refractivity contribution >= 4 is 31.6 Å². The van der Waals surface area contributed by atoms with Crippen LogP contribution in [0.3, 0.4) is 0 Å². The molecule has 0 aromatic heterocycles. The molecule has 1 aliphatic heterocycles. The van der Waals surface area contributed by atoms with Crippen molar-refractivity contribution in [2.75, 3.05) is 13.1 Å². The third-order valence-electron chi connectivity index (χ3n) is 3.54. The van der Waals surface area contributed by atoms with E-state index in [1.807, 2.05) is 6.92 Å². The fraction of sp³-hybridized carbons (Fsp3) is 0.500. The molecular formula is C12H16BrN3O4S. The lowest BCUT2D eigenvalue weighted by molar-refractivity contribution is -0.387. The van der Waals surface area contributed by atoms with Gasteiger partial charge in [0.2, 0.25) is 10.0 Å². The van der Waals surface area contributed by atoms with Gasteiger partial charge in [-0.25, -0.2) is 13.1 Å². The van der Waals surface area contributed by atoms with E-state index in [0.29, 0.717) is 11.0 Å². The van der Waals surface area contributed by atoms with Crippen molar-refractivity contribution in [3.05, 3.63) is 32.8 Å². The molecule has 0 aliphatic carbocycles. The highest BCUT2D eigenvalue weighted by Gasteiger charge is 2.31. The zero-order valence-corrected chi connectivity index (χ0v) is 13.8. The van der Waals surface area contributed by atoms with Gasteiger partial charge in [-0.3, -0.25) is 10.1 Å². The van der Waals surface area contributed by atoms with Crippen LogP contribution < -0.4 is 10.0 Å². The van der Waals surface area contributed by atoms with Gasteiger partial charge in [0.1, 0.15) is 0 Å². The largest absolute Gasteiger partial charge is 0.315 e. The molecule has 21 heavy (non-hydrogen) atoms. The minimum absolute atomic E-state index is 0.173. The topological polar surface area (TPSA) is 101 Å². The number of sulfonamides is 1. The summed E-state index contributed by atoms with van der Waals surface area (Å²) in [5.41, 5.74) is -0.429. The molecule has 2 N–H and O–H groups in total. The van der Waals surface area contributed by atoms with Gasteiger partial charge >= 0.3 is 0 Å². The number of benzene rings is 1. The van der Waals surface area contributed by atoms with E-state index in [1.165, 1.54) is 18.2 Å². The fourth-order valence-electron chi connectivity index (χ4n) is 2.26. The Bertz CT molecular complexity index is 650. The Morgan fingerprint density at radius 1 is 1.48 bits per heavy atom. The summed E-state index contributed by atoms with van der Waals surface area (Å²) in [5.74, 6) is 0.173. The second-order valence-electron chi connectivity index (χ2n) is 5.07. The van der Waals surface area contributed by atoms with E-state index >= 15 is 0 Å². The van der Waals surface area contributed by atoms with Gasteiger partial charge in [0.25, 0.3) is 5.69 Å². The van der Waals surface area contributed by atoms with E-state index in [1.54, 1.807) is 0 Å². The minimum atomic E-state index is -3.95. The Labute approximate surface area is 131 Å². The van der Waals surface area contributed by atoms with Gasteiger partial charge in [0.05, 0.1) is 4.92 Å². The van der Waals surface area contributed by atoms with E-state index in [0.717, 1.165) is 13.0 Å². The lowest BCUT2D eigenvalue weighted by atomic mass is 9.96. The number of hydrogen-bond acceptors (Lipinski definition) is 5. The first-order chi connectivity index (χ1) is 9.81. The van der Waals surface area contributed by atoms with Crippen molar-refractivity contribution in [3.8, 4) is 0 Å². The highest BCUT2D eigenvalue weighted by molar-refractivity contribution is 9.10. The number of piperidine rings is 1. The van der Waals surface area contributed by atoms with E-state index < -0.39 is 20.6 Å². The van der Waals surface area contributed by atoms with Crippen molar-refractivity contribution in [1.82, 2.24) is 10.0 Å². The SMILES string of the molecule is CC1CCNCC1NS(=O)(=O)c1cc(Br)ccc1[N+](=O)[O-]. The fourth-order valence-corrected chi connectivity index (χ4v) is 4.32. The van der Waals surface area contributed by atoms with Crippen molar-refractivity contribution in [1.29, 1.82) is 0 Å². The maximum atomic E-state index is 12.5. The van der Waals surface area contributed by atoms with Gasteiger partial charge < -0.3 is 5.32 Å². The second-order valence-corrected chi connectivity index (χ2v) is 7.67. The molecule has 2 unspecified atom stereocenters. The number of halogens is 1. The molecule has 1 aliphatic rings. The molecule has 1 aromatic rings. The molecule has 0 radical (unpaired) electrons. The zero-order chi connectivity index (χ0) is 15.6. The molecule has 0 spiro atoms. The molecule has 0 amide bonds. The first-order valence-corrected chi connectivity index (χ1v) is 8.76. The molecule has 1 fully saturated rings. The number of nitrogens with zero attached hydrogens (tertiary/aromatic N) is 1. The van der Waals surface area contributed by atoms with E-state index in [2.05, 4.69) is 26.0 Å². The summed E-state index contributed by atoms with van der Waals surface area (Å²) in [6.07, 6.45) is 0.855. The van der Waals surface area contributed by atoms with E-state index in [4.69, 9.17) is 0 Å². The maximum absolute atomic E-state index is 12.5. The van der Waals surface area contributed by atoms with Gasteiger partial charge in [-0.15, -0.1) is 0 Å². The first kappa shape index (κ1) is 16.3. The lowest BCUT2D eigenvalue weighted by Crippen LogP contribution is -2.50. The standard InChI is InChI=1S/C12H16BrN3O4S/c1-8-4-5-14-7-10(8)15-21(19,20)12-6-9(13)2-3-11(12)16(17)18/h2-3,6,8,10,14-15H,4-5,7H2,1H3. The molecule has 7 nitrogen and oxygen atoms in total. The third kappa shape index (κ3) is 3.79. The minimum Gasteiger partial charge on any atom is -0.315 e. The Hall–Kier alpha value is -1.03. The monoisotopic (exact) mass is 377 g/mol. The Morgan fingerprint density at radius 2 is 2.19 bits per heavy atom. The molecular weight excluding hydrogens is 362 g/mol. The van der Waals surface area contributed by atoms with Gasteiger partial charge in [-0.2, -0.15) is 0 Å². The molecule has 116 valence electrons. The van der Waals surface area contributed by atoms with Gasteiger partial charge in [0, 0.05) is 23.1 Å². The van der Waals surface area contributed by atoms with Crippen LogP contribution in [0.2, 0.25) is 0 Å². The van der Waals surface area contributed by atoms with Gasteiger partial charge in [0.15, 0.2) is 4.90 Å². The number of nitro groups is 1. The van der Waals surface area contributed by atoms with Crippen LogP contribution >= 0.6 is 15.9 Å². The Balaban J connectivity index is 2.35. The Kier molecular flexibility index (Phi) is 4.97. The number of rotatable bonds is 4. The van der Waals surface area contributed by atoms with Crippen LogP contribution in [0.4, 0.5) is 5.69 Å². The highest BCUT2D eigenvalue weighted by Crippen LogP contribution is 2.28. The van der Waals surface area contributed by atoms with Crippen molar-refractivity contribution in [3.63, 3.8) is 0 Å². The molecule has 1 heterocycles. The molecule has 2 rings (SSSR count). The second kappa shape index (κ2) is 6.39. The smallest absolute Gasteiger partial charge is 0.289 e. The van der Waals surface area contributed by atoms with Crippen molar-refractivity contribution < 1.29 is 13.3 Å². The van der Waals surface area contributed by atoms with Crippen LogP contribution in [0.15, 0.2) is 27.6 Å². The molecule has 9 heteroatoms. The number of nitro benzene ring substituents is 1. The number of nitrogens with one attached hydrogen (secondary N) is 2. The summed E-state index contributed by atoms with van der Waals surface area (Å²) in [7, 11) is -3.95. The van der Waals surface area contributed by atoms with E-state index in [-0.39, 0.29) is 16.9 Å². The molecule has 0 bridgehead atoms. The third-order valence-corrected chi connectivity index (χ3v) is 5.55. The normalized spacial score (nSPS) is 23.0.